The van der Waals surface area contributed by atoms with Crippen LogP contribution in [0.5, 0.6) is 5.75 Å². The first-order valence-electron chi connectivity index (χ1n) is 6.77. The van der Waals surface area contributed by atoms with E-state index in [0.717, 1.165) is 0 Å². The molecule has 2 rings (SSSR count). The van der Waals surface area contributed by atoms with Gasteiger partial charge in [-0.1, -0.05) is 0 Å². The maximum atomic E-state index is 13.6. The van der Waals surface area contributed by atoms with Crippen molar-refractivity contribution in [2.75, 3.05) is 12.3 Å². The maximum absolute atomic E-state index is 13.6. The zero-order valence-electron chi connectivity index (χ0n) is 12.4. The van der Waals surface area contributed by atoms with Gasteiger partial charge in [-0.05, 0) is 62.2 Å². The first-order valence-corrected chi connectivity index (χ1v) is 6.77. The van der Waals surface area contributed by atoms with Crippen LogP contribution in [0.2, 0.25) is 0 Å². The molecule has 0 aliphatic heterocycles. The Labute approximate surface area is 123 Å². The van der Waals surface area contributed by atoms with Crippen LogP contribution in [0.4, 0.5) is 10.1 Å². The van der Waals surface area contributed by atoms with Crippen LogP contribution in [0, 0.1) is 19.7 Å². The molecule has 21 heavy (non-hydrogen) atoms. The van der Waals surface area contributed by atoms with Crippen molar-refractivity contribution in [3.8, 4) is 5.75 Å². The second-order valence-electron chi connectivity index (χ2n) is 4.94. The molecule has 0 aliphatic rings. The zero-order valence-corrected chi connectivity index (χ0v) is 12.4. The molecule has 2 aromatic carbocycles. The Hall–Kier alpha value is -2.36. The van der Waals surface area contributed by atoms with Crippen LogP contribution in [0.1, 0.15) is 34.0 Å². The molecule has 0 saturated heterocycles. The van der Waals surface area contributed by atoms with E-state index in [1.54, 1.807) is 44.2 Å². The van der Waals surface area contributed by atoms with Gasteiger partial charge in [-0.2, -0.15) is 0 Å². The molecule has 4 heteroatoms. The normalized spacial score (nSPS) is 10.5. The number of benzene rings is 2. The lowest BCUT2D eigenvalue weighted by Gasteiger charge is -2.10. The second-order valence-corrected chi connectivity index (χ2v) is 4.94. The van der Waals surface area contributed by atoms with Gasteiger partial charge in [0.2, 0.25) is 0 Å². The van der Waals surface area contributed by atoms with Gasteiger partial charge in [0.25, 0.3) is 0 Å². The molecule has 0 amide bonds. The molecule has 3 nitrogen and oxygen atoms in total. The number of ketones is 1. The maximum Gasteiger partial charge on any atom is 0.193 e. The average molecular weight is 287 g/mol. The van der Waals surface area contributed by atoms with Crippen LogP contribution in [0.15, 0.2) is 30.3 Å². The monoisotopic (exact) mass is 287 g/mol. The molecule has 0 aromatic heterocycles. The van der Waals surface area contributed by atoms with E-state index in [1.165, 1.54) is 0 Å². The lowest BCUT2D eigenvalue weighted by molar-refractivity contribution is 0.103. The number of nitrogens with two attached hydrogens (primary N) is 1. The smallest absolute Gasteiger partial charge is 0.193 e. The summed E-state index contributed by atoms with van der Waals surface area (Å²) in [5, 5.41) is 0. The summed E-state index contributed by atoms with van der Waals surface area (Å²) in [6.07, 6.45) is 0. The number of aryl methyl sites for hydroxylation is 2. The molecule has 0 atom stereocenters. The number of carbonyl (C=O) groups is 1. The van der Waals surface area contributed by atoms with E-state index in [0.29, 0.717) is 40.3 Å². The Kier molecular flexibility index (Phi) is 4.26. The topological polar surface area (TPSA) is 52.3 Å². The Morgan fingerprint density at radius 1 is 1.14 bits per heavy atom. The number of halogens is 1. The summed E-state index contributed by atoms with van der Waals surface area (Å²) in [6.45, 7) is 5.66. The Morgan fingerprint density at radius 3 is 2.29 bits per heavy atom. The van der Waals surface area contributed by atoms with Gasteiger partial charge in [0.1, 0.15) is 11.6 Å². The molecule has 0 aliphatic carbocycles. The SMILES string of the molecule is CCOc1ccc(C(=O)c2cc(C)c(F)c(C)c2)cc1N. The highest BCUT2D eigenvalue weighted by molar-refractivity contribution is 6.09. The number of hydrogen-bond acceptors (Lipinski definition) is 3. The molecule has 0 radical (unpaired) electrons. The lowest BCUT2D eigenvalue weighted by atomic mass is 9.98. The van der Waals surface area contributed by atoms with E-state index in [2.05, 4.69) is 0 Å². The minimum absolute atomic E-state index is 0.184. The third kappa shape index (κ3) is 3.05. The second kappa shape index (κ2) is 5.95. The fourth-order valence-corrected chi connectivity index (χ4v) is 2.22. The van der Waals surface area contributed by atoms with Gasteiger partial charge < -0.3 is 10.5 Å². The predicted molar refractivity (Wildman–Crippen MR) is 81.3 cm³/mol. The third-order valence-corrected chi connectivity index (χ3v) is 3.27. The van der Waals surface area contributed by atoms with Gasteiger partial charge in [0.05, 0.1) is 12.3 Å². The van der Waals surface area contributed by atoms with E-state index >= 15 is 0 Å². The molecule has 0 spiro atoms. The van der Waals surface area contributed by atoms with Crippen molar-refractivity contribution in [1.82, 2.24) is 0 Å². The molecule has 0 bridgehead atoms. The third-order valence-electron chi connectivity index (χ3n) is 3.27. The summed E-state index contributed by atoms with van der Waals surface area (Å²) in [6, 6.07) is 8.03. The molecule has 0 heterocycles. The minimum atomic E-state index is -0.280. The van der Waals surface area contributed by atoms with E-state index in [1.807, 2.05) is 6.92 Å². The fourth-order valence-electron chi connectivity index (χ4n) is 2.22. The summed E-state index contributed by atoms with van der Waals surface area (Å²) in [4.78, 5) is 12.5. The molecular weight excluding hydrogens is 269 g/mol. The van der Waals surface area contributed by atoms with Gasteiger partial charge in [-0.25, -0.2) is 4.39 Å². The van der Waals surface area contributed by atoms with Crippen LogP contribution in [0.25, 0.3) is 0 Å². The molecule has 0 unspecified atom stereocenters. The summed E-state index contributed by atoms with van der Waals surface area (Å²) in [7, 11) is 0. The van der Waals surface area contributed by atoms with E-state index in [4.69, 9.17) is 10.5 Å². The molecule has 0 fully saturated rings. The van der Waals surface area contributed by atoms with Crippen LogP contribution < -0.4 is 10.5 Å². The van der Waals surface area contributed by atoms with Crippen LogP contribution in [0.3, 0.4) is 0 Å². The standard InChI is InChI=1S/C17H18FNO2/c1-4-21-15-6-5-12(9-14(15)19)17(20)13-7-10(2)16(18)11(3)8-13/h5-9H,4,19H2,1-3H3. The lowest BCUT2D eigenvalue weighted by Crippen LogP contribution is -2.05. The number of nitrogen functional groups attached to an aromatic ring is 1. The van der Waals surface area contributed by atoms with Crippen LogP contribution in [-0.4, -0.2) is 12.4 Å². The minimum Gasteiger partial charge on any atom is -0.492 e. The summed E-state index contributed by atoms with van der Waals surface area (Å²) in [5.74, 6) is 0.0919. The highest BCUT2D eigenvalue weighted by atomic mass is 19.1. The number of hydrogen-bond donors (Lipinski definition) is 1. The van der Waals surface area contributed by atoms with Crippen molar-refractivity contribution in [1.29, 1.82) is 0 Å². The van der Waals surface area contributed by atoms with E-state index < -0.39 is 0 Å². The number of ether oxygens (including phenoxy) is 1. The van der Waals surface area contributed by atoms with Gasteiger partial charge in [-0.3, -0.25) is 4.79 Å². The first-order chi connectivity index (χ1) is 9.93. The largest absolute Gasteiger partial charge is 0.492 e. The van der Waals surface area contributed by atoms with Crippen molar-refractivity contribution >= 4 is 11.5 Å². The van der Waals surface area contributed by atoms with Crippen molar-refractivity contribution < 1.29 is 13.9 Å². The Balaban J connectivity index is 2.38. The Morgan fingerprint density at radius 2 is 1.76 bits per heavy atom. The summed E-state index contributed by atoms with van der Waals surface area (Å²) < 4.78 is 19.0. The quantitative estimate of drug-likeness (QED) is 0.689. The summed E-state index contributed by atoms with van der Waals surface area (Å²) >= 11 is 0. The number of rotatable bonds is 4. The average Bonchev–Trinajstić information content (AvgIpc) is 2.45. The molecule has 110 valence electrons. The fraction of sp³-hybridized carbons (Fsp3) is 0.235. The molecule has 0 saturated carbocycles. The highest BCUT2D eigenvalue weighted by Gasteiger charge is 2.14. The predicted octanol–water partition coefficient (Wildman–Crippen LogP) is 3.65. The molecule has 2 N–H and O–H groups in total. The Bertz CT molecular complexity index is 672. The van der Waals surface area contributed by atoms with Crippen molar-refractivity contribution in [2.45, 2.75) is 20.8 Å². The number of carbonyl (C=O) groups excluding carboxylic acids is 1. The van der Waals surface area contributed by atoms with E-state index in [9.17, 15) is 9.18 Å². The van der Waals surface area contributed by atoms with Gasteiger partial charge in [0, 0.05) is 11.1 Å². The van der Waals surface area contributed by atoms with Crippen molar-refractivity contribution in [2.24, 2.45) is 0 Å². The highest BCUT2D eigenvalue weighted by Crippen LogP contribution is 2.25. The zero-order chi connectivity index (χ0) is 15.6. The van der Waals surface area contributed by atoms with Crippen molar-refractivity contribution in [3.63, 3.8) is 0 Å². The van der Waals surface area contributed by atoms with Gasteiger partial charge in [-0.15, -0.1) is 0 Å². The van der Waals surface area contributed by atoms with Crippen LogP contribution >= 0.6 is 0 Å². The first kappa shape index (κ1) is 15.0. The number of anilines is 1. The van der Waals surface area contributed by atoms with E-state index in [-0.39, 0.29) is 11.6 Å². The van der Waals surface area contributed by atoms with Gasteiger partial charge in [0.15, 0.2) is 5.78 Å². The van der Waals surface area contributed by atoms with Crippen molar-refractivity contribution in [3.05, 3.63) is 58.4 Å². The summed E-state index contributed by atoms with van der Waals surface area (Å²) in [5.41, 5.74) is 8.11. The molecular formula is C17H18FNO2. The van der Waals surface area contributed by atoms with Crippen LogP contribution in [-0.2, 0) is 0 Å². The van der Waals surface area contributed by atoms with Gasteiger partial charge >= 0.3 is 0 Å². The molecule has 2 aromatic rings.